The quantitative estimate of drug-likeness (QED) is 0.799. The van der Waals surface area contributed by atoms with Crippen LogP contribution in [0.25, 0.3) is 0 Å². The van der Waals surface area contributed by atoms with Crippen LogP contribution >= 0.6 is 0 Å². The van der Waals surface area contributed by atoms with Gasteiger partial charge in [-0.15, -0.1) is 0 Å². The van der Waals surface area contributed by atoms with Crippen molar-refractivity contribution in [2.75, 3.05) is 13.6 Å². The van der Waals surface area contributed by atoms with Gasteiger partial charge in [-0.25, -0.2) is 0 Å². The van der Waals surface area contributed by atoms with Crippen molar-refractivity contribution in [2.24, 2.45) is 17.6 Å². The van der Waals surface area contributed by atoms with Crippen molar-refractivity contribution in [3.63, 3.8) is 0 Å². The second kappa shape index (κ2) is 6.19. The Kier molecular flexibility index (Phi) is 5.46. The van der Waals surface area contributed by atoms with Crippen LogP contribution in [0.3, 0.4) is 0 Å². The van der Waals surface area contributed by atoms with Gasteiger partial charge in [-0.1, -0.05) is 20.3 Å². The van der Waals surface area contributed by atoms with Crippen LogP contribution in [0, 0.1) is 11.8 Å². The molecule has 0 aromatic carbocycles. The van der Waals surface area contributed by atoms with Crippen LogP contribution in [-0.2, 0) is 0 Å². The Morgan fingerprint density at radius 1 is 1.24 bits per heavy atom. The molecule has 0 saturated heterocycles. The first-order valence-electron chi connectivity index (χ1n) is 7.37. The Labute approximate surface area is 108 Å². The molecule has 2 nitrogen and oxygen atoms in total. The van der Waals surface area contributed by atoms with Crippen LogP contribution in [0.4, 0.5) is 0 Å². The van der Waals surface area contributed by atoms with Gasteiger partial charge in [-0.05, 0) is 58.4 Å². The normalized spacial score (nSPS) is 30.9. The number of nitrogens with two attached hydrogens (primary N) is 1. The highest BCUT2D eigenvalue weighted by atomic mass is 15.2. The fraction of sp³-hybridized carbons (Fsp3) is 1.00. The molecule has 1 aliphatic rings. The lowest BCUT2D eigenvalue weighted by atomic mass is 9.76. The van der Waals surface area contributed by atoms with Gasteiger partial charge in [0.1, 0.15) is 0 Å². The lowest BCUT2D eigenvalue weighted by molar-refractivity contribution is 0.0955. The summed E-state index contributed by atoms with van der Waals surface area (Å²) in [6.45, 7) is 10.4. The van der Waals surface area contributed by atoms with Crippen molar-refractivity contribution >= 4 is 0 Å². The summed E-state index contributed by atoms with van der Waals surface area (Å²) in [5.41, 5.74) is 6.61. The molecule has 1 aliphatic carbocycles. The van der Waals surface area contributed by atoms with Crippen LogP contribution in [0.1, 0.15) is 59.8 Å². The van der Waals surface area contributed by atoms with E-state index in [1.807, 2.05) is 0 Å². The van der Waals surface area contributed by atoms with Crippen molar-refractivity contribution in [1.82, 2.24) is 4.90 Å². The molecule has 3 unspecified atom stereocenters. The first-order valence-corrected chi connectivity index (χ1v) is 7.37. The molecule has 17 heavy (non-hydrogen) atoms. The summed E-state index contributed by atoms with van der Waals surface area (Å²) in [5, 5.41) is 0. The monoisotopic (exact) mass is 240 g/mol. The Morgan fingerprint density at radius 3 is 2.41 bits per heavy atom. The number of hydrogen-bond acceptors (Lipinski definition) is 2. The van der Waals surface area contributed by atoms with E-state index in [9.17, 15) is 0 Å². The standard InChI is InChI=1S/C15H32N2/c1-6-12-8-9-14(16)13(10-12)11-17(5)15(3,4)7-2/h12-14H,6-11,16H2,1-5H3. The summed E-state index contributed by atoms with van der Waals surface area (Å²) >= 11 is 0. The lowest BCUT2D eigenvalue weighted by Crippen LogP contribution is -2.48. The largest absolute Gasteiger partial charge is 0.327 e. The Hall–Kier alpha value is -0.0800. The van der Waals surface area contributed by atoms with Gasteiger partial charge in [-0.2, -0.15) is 0 Å². The number of rotatable bonds is 5. The molecule has 0 bridgehead atoms. The number of hydrogen-bond donors (Lipinski definition) is 1. The van der Waals surface area contributed by atoms with Crippen LogP contribution in [0.5, 0.6) is 0 Å². The van der Waals surface area contributed by atoms with Gasteiger partial charge in [0.05, 0.1) is 0 Å². The SMILES string of the molecule is CCC1CCC(N)C(CN(C)C(C)(C)CC)C1. The molecule has 0 amide bonds. The molecule has 2 N–H and O–H groups in total. The average Bonchev–Trinajstić information content (AvgIpc) is 2.31. The summed E-state index contributed by atoms with van der Waals surface area (Å²) in [6.07, 6.45) is 6.42. The molecule has 0 radical (unpaired) electrons. The summed E-state index contributed by atoms with van der Waals surface area (Å²) in [6, 6.07) is 0.424. The predicted molar refractivity (Wildman–Crippen MR) is 76.1 cm³/mol. The minimum atomic E-state index is 0.304. The van der Waals surface area contributed by atoms with Crippen LogP contribution < -0.4 is 5.73 Å². The van der Waals surface area contributed by atoms with E-state index in [2.05, 4.69) is 39.6 Å². The fourth-order valence-electron chi connectivity index (χ4n) is 2.83. The maximum absolute atomic E-state index is 6.30. The van der Waals surface area contributed by atoms with Gasteiger partial charge >= 0.3 is 0 Å². The van der Waals surface area contributed by atoms with E-state index in [1.165, 1.54) is 38.6 Å². The third-order valence-electron chi connectivity index (χ3n) is 5.13. The zero-order valence-corrected chi connectivity index (χ0v) is 12.5. The van der Waals surface area contributed by atoms with Crippen LogP contribution in [0.2, 0.25) is 0 Å². The van der Waals surface area contributed by atoms with E-state index < -0.39 is 0 Å². The van der Waals surface area contributed by atoms with E-state index in [1.54, 1.807) is 0 Å². The van der Waals surface area contributed by atoms with E-state index in [0.717, 1.165) is 5.92 Å². The van der Waals surface area contributed by atoms with Crippen molar-refractivity contribution in [3.05, 3.63) is 0 Å². The van der Waals surface area contributed by atoms with Crippen molar-refractivity contribution in [3.8, 4) is 0 Å². The number of nitrogens with zero attached hydrogens (tertiary/aromatic N) is 1. The molecule has 0 aliphatic heterocycles. The van der Waals surface area contributed by atoms with E-state index in [-0.39, 0.29) is 0 Å². The molecule has 2 heteroatoms. The Morgan fingerprint density at radius 2 is 1.88 bits per heavy atom. The fourth-order valence-corrected chi connectivity index (χ4v) is 2.83. The molecule has 0 spiro atoms. The molecular weight excluding hydrogens is 208 g/mol. The van der Waals surface area contributed by atoms with Crippen molar-refractivity contribution < 1.29 is 0 Å². The average molecular weight is 240 g/mol. The maximum atomic E-state index is 6.30. The molecule has 0 aromatic rings. The zero-order valence-electron chi connectivity index (χ0n) is 12.5. The highest BCUT2D eigenvalue weighted by molar-refractivity contribution is 4.87. The minimum absolute atomic E-state index is 0.304. The minimum Gasteiger partial charge on any atom is -0.327 e. The summed E-state index contributed by atoms with van der Waals surface area (Å²) in [4.78, 5) is 2.51. The summed E-state index contributed by atoms with van der Waals surface area (Å²) in [5.74, 6) is 1.61. The van der Waals surface area contributed by atoms with Crippen molar-refractivity contribution in [2.45, 2.75) is 71.4 Å². The Balaban J connectivity index is 2.54. The lowest BCUT2D eigenvalue weighted by Gasteiger charge is -2.41. The van der Waals surface area contributed by atoms with Gasteiger partial charge in [0, 0.05) is 18.1 Å². The first-order chi connectivity index (χ1) is 7.90. The van der Waals surface area contributed by atoms with Gasteiger partial charge in [0.2, 0.25) is 0 Å². The molecule has 1 saturated carbocycles. The maximum Gasteiger partial charge on any atom is 0.0147 e. The molecular formula is C15H32N2. The van der Waals surface area contributed by atoms with Crippen LogP contribution in [-0.4, -0.2) is 30.1 Å². The second-order valence-corrected chi connectivity index (χ2v) is 6.56. The summed E-state index contributed by atoms with van der Waals surface area (Å²) < 4.78 is 0. The molecule has 0 heterocycles. The molecule has 1 fully saturated rings. The van der Waals surface area contributed by atoms with E-state index in [4.69, 9.17) is 5.73 Å². The molecule has 1 rings (SSSR count). The van der Waals surface area contributed by atoms with Gasteiger partial charge in [0.25, 0.3) is 0 Å². The second-order valence-electron chi connectivity index (χ2n) is 6.56. The molecule has 3 atom stereocenters. The Bertz CT molecular complexity index is 225. The third-order valence-corrected chi connectivity index (χ3v) is 5.13. The van der Waals surface area contributed by atoms with E-state index >= 15 is 0 Å². The molecule has 102 valence electrons. The van der Waals surface area contributed by atoms with Gasteiger partial charge < -0.3 is 10.6 Å². The van der Waals surface area contributed by atoms with E-state index in [0.29, 0.717) is 17.5 Å². The highest BCUT2D eigenvalue weighted by Gasteiger charge is 2.31. The topological polar surface area (TPSA) is 29.3 Å². The highest BCUT2D eigenvalue weighted by Crippen LogP contribution is 2.32. The van der Waals surface area contributed by atoms with Crippen molar-refractivity contribution in [1.29, 1.82) is 0 Å². The smallest absolute Gasteiger partial charge is 0.0147 e. The summed E-state index contributed by atoms with van der Waals surface area (Å²) in [7, 11) is 2.26. The molecule has 0 aromatic heterocycles. The van der Waals surface area contributed by atoms with Gasteiger partial charge in [-0.3, -0.25) is 0 Å². The van der Waals surface area contributed by atoms with Gasteiger partial charge in [0.15, 0.2) is 0 Å². The zero-order chi connectivity index (χ0) is 13.1. The van der Waals surface area contributed by atoms with Crippen LogP contribution in [0.15, 0.2) is 0 Å². The first kappa shape index (κ1) is 15.0. The predicted octanol–water partition coefficient (Wildman–Crippen LogP) is 3.26. The third kappa shape index (κ3) is 3.96.